The Labute approximate surface area is 207 Å². The molecule has 182 valence electrons. The molecule has 2 aromatic carbocycles. The average Bonchev–Trinajstić information content (AvgIpc) is 2.89. The fraction of sp³-hybridized carbons (Fsp3) is 0.429. The molecule has 1 fully saturated rings. The van der Waals surface area contributed by atoms with Crippen molar-refractivity contribution < 1.29 is 9.53 Å². The quantitative estimate of drug-likeness (QED) is 0.459. The van der Waals surface area contributed by atoms with Crippen molar-refractivity contribution in [3.63, 3.8) is 0 Å². The molecule has 0 N–H and O–H groups in total. The third-order valence-electron chi connectivity index (χ3n) is 6.92. The van der Waals surface area contributed by atoms with E-state index in [0.717, 1.165) is 25.0 Å². The van der Waals surface area contributed by atoms with E-state index in [2.05, 4.69) is 47.9 Å². The monoisotopic (exact) mass is 471 g/mol. The highest BCUT2D eigenvalue weighted by molar-refractivity contribution is 5.85. The first-order valence-corrected chi connectivity index (χ1v) is 12.3. The van der Waals surface area contributed by atoms with Crippen LogP contribution in [0.2, 0.25) is 0 Å². The Bertz CT molecular complexity index is 1240. The standard InChI is InChI=1S/C28H33N5O2/c1-5-19(2)18-35-28(34)22(17-29)26-27(31-24-11-7-6-10-23(24)30-26)33-15-13-32(14-16-33)25-12-8-9-20(3)21(25)4/h6-12,19,22H,5,13-16,18H2,1-4H3/t19-,22-/m0/s1. The molecule has 1 saturated heterocycles. The van der Waals surface area contributed by atoms with E-state index in [9.17, 15) is 10.1 Å². The molecule has 1 aromatic heterocycles. The molecule has 7 nitrogen and oxygen atoms in total. The lowest BCUT2D eigenvalue weighted by atomic mass is 10.0. The Morgan fingerprint density at radius 1 is 1.03 bits per heavy atom. The number of piperazine rings is 1. The van der Waals surface area contributed by atoms with Gasteiger partial charge in [-0.15, -0.1) is 0 Å². The van der Waals surface area contributed by atoms with Gasteiger partial charge in [0, 0.05) is 31.9 Å². The molecule has 4 rings (SSSR count). The summed E-state index contributed by atoms with van der Waals surface area (Å²) in [6, 6.07) is 16.1. The SMILES string of the molecule is CC[C@H](C)COC(=O)[C@@H](C#N)c1nc2ccccc2nc1N1CCN(c2cccc(C)c2C)CC1. The number of nitrogens with zero attached hydrogens (tertiary/aromatic N) is 5. The molecule has 0 amide bonds. The second-order valence-electron chi connectivity index (χ2n) is 9.32. The number of hydrogen-bond donors (Lipinski definition) is 0. The van der Waals surface area contributed by atoms with Crippen LogP contribution in [-0.4, -0.2) is 48.7 Å². The molecule has 2 heterocycles. The van der Waals surface area contributed by atoms with Gasteiger partial charge in [0.2, 0.25) is 0 Å². The summed E-state index contributed by atoms with van der Waals surface area (Å²) in [5, 5.41) is 9.97. The lowest BCUT2D eigenvalue weighted by molar-refractivity contribution is -0.145. The van der Waals surface area contributed by atoms with Crippen LogP contribution in [0.15, 0.2) is 42.5 Å². The van der Waals surface area contributed by atoms with Crippen LogP contribution >= 0.6 is 0 Å². The first-order chi connectivity index (χ1) is 16.9. The number of hydrogen-bond acceptors (Lipinski definition) is 7. The van der Waals surface area contributed by atoms with Crippen molar-refractivity contribution >= 4 is 28.5 Å². The summed E-state index contributed by atoms with van der Waals surface area (Å²) in [4.78, 5) is 27.1. The van der Waals surface area contributed by atoms with Crippen LogP contribution in [0.4, 0.5) is 11.5 Å². The molecule has 3 aromatic rings. The van der Waals surface area contributed by atoms with E-state index in [4.69, 9.17) is 14.7 Å². The zero-order chi connectivity index (χ0) is 24.9. The Balaban J connectivity index is 1.63. The van der Waals surface area contributed by atoms with E-state index in [-0.39, 0.29) is 5.92 Å². The Kier molecular flexibility index (Phi) is 7.50. The van der Waals surface area contributed by atoms with Crippen LogP contribution in [-0.2, 0) is 9.53 Å². The number of rotatable bonds is 7. The molecular formula is C28H33N5O2. The van der Waals surface area contributed by atoms with Gasteiger partial charge >= 0.3 is 5.97 Å². The van der Waals surface area contributed by atoms with Crippen molar-refractivity contribution in [3.8, 4) is 6.07 Å². The molecule has 0 bridgehead atoms. The lowest BCUT2D eigenvalue weighted by Crippen LogP contribution is -2.47. The van der Waals surface area contributed by atoms with Crippen molar-refractivity contribution in [2.75, 3.05) is 42.6 Å². The Morgan fingerprint density at radius 3 is 2.34 bits per heavy atom. The summed E-state index contributed by atoms with van der Waals surface area (Å²) in [7, 11) is 0. The normalized spacial score (nSPS) is 15.5. The fourth-order valence-electron chi connectivity index (χ4n) is 4.32. The van der Waals surface area contributed by atoms with Crippen LogP contribution in [0, 0.1) is 31.1 Å². The van der Waals surface area contributed by atoms with E-state index in [1.807, 2.05) is 38.1 Å². The van der Waals surface area contributed by atoms with E-state index in [1.54, 1.807) is 0 Å². The Hall–Kier alpha value is -3.66. The van der Waals surface area contributed by atoms with Gasteiger partial charge in [-0.05, 0) is 49.1 Å². The summed E-state index contributed by atoms with van der Waals surface area (Å²) >= 11 is 0. The number of anilines is 2. The second-order valence-corrected chi connectivity index (χ2v) is 9.32. The largest absolute Gasteiger partial charge is 0.464 e. The van der Waals surface area contributed by atoms with Gasteiger partial charge in [0.25, 0.3) is 0 Å². The third-order valence-corrected chi connectivity index (χ3v) is 6.92. The van der Waals surface area contributed by atoms with E-state index < -0.39 is 11.9 Å². The van der Waals surface area contributed by atoms with Crippen molar-refractivity contribution in [3.05, 3.63) is 59.3 Å². The van der Waals surface area contributed by atoms with Crippen LogP contribution in [0.25, 0.3) is 11.0 Å². The molecule has 0 spiro atoms. The second kappa shape index (κ2) is 10.7. The number of benzene rings is 2. The highest BCUT2D eigenvalue weighted by Gasteiger charge is 2.31. The number of nitriles is 1. The number of ether oxygens (including phenoxy) is 1. The van der Waals surface area contributed by atoms with Gasteiger partial charge in [0.05, 0.1) is 23.7 Å². The molecule has 0 aliphatic carbocycles. The number of para-hydroxylation sites is 2. The minimum absolute atomic E-state index is 0.235. The smallest absolute Gasteiger partial charge is 0.329 e. The van der Waals surface area contributed by atoms with Gasteiger partial charge < -0.3 is 14.5 Å². The first kappa shape index (κ1) is 24.5. The van der Waals surface area contributed by atoms with E-state index >= 15 is 0 Å². The van der Waals surface area contributed by atoms with E-state index in [1.165, 1.54) is 16.8 Å². The molecule has 7 heteroatoms. The Morgan fingerprint density at radius 2 is 1.69 bits per heavy atom. The predicted octanol–water partition coefficient (Wildman–Crippen LogP) is 4.77. The van der Waals surface area contributed by atoms with Crippen molar-refractivity contribution in [2.45, 2.75) is 40.0 Å². The number of aromatic nitrogens is 2. The first-order valence-electron chi connectivity index (χ1n) is 12.3. The number of carbonyl (C=O) groups excluding carboxylic acids is 1. The maximum absolute atomic E-state index is 12.9. The van der Waals surface area contributed by atoms with Gasteiger partial charge in [-0.25, -0.2) is 9.97 Å². The lowest BCUT2D eigenvalue weighted by Gasteiger charge is -2.38. The van der Waals surface area contributed by atoms with Gasteiger partial charge in [-0.1, -0.05) is 44.5 Å². The van der Waals surface area contributed by atoms with Crippen LogP contribution in [0.5, 0.6) is 0 Å². The van der Waals surface area contributed by atoms with Gasteiger partial charge in [0.1, 0.15) is 5.69 Å². The summed E-state index contributed by atoms with van der Waals surface area (Å²) in [6.45, 7) is 11.7. The van der Waals surface area contributed by atoms with Crippen molar-refractivity contribution in [2.24, 2.45) is 5.92 Å². The summed E-state index contributed by atoms with van der Waals surface area (Å²) in [6.07, 6.45) is 0.899. The molecule has 1 aliphatic heterocycles. The predicted molar refractivity (Wildman–Crippen MR) is 139 cm³/mol. The topological polar surface area (TPSA) is 82.3 Å². The summed E-state index contributed by atoms with van der Waals surface area (Å²) in [5.74, 6) is -0.856. The summed E-state index contributed by atoms with van der Waals surface area (Å²) < 4.78 is 5.50. The minimum Gasteiger partial charge on any atom is -0.464 e. The van der Waals surface area contributed by atoms with Gasteiger partial charge in [-0.3, -0.25) is 4.79 Å². The zero-order valence-electron chi connectivity index (χ0n) is 21.0. The molecular weight excluding hydrogens is 438 g/mol. The summed E-state index contributed by atoms with van der Waals surface area (Å²) in [5.41, 5.74) is 5.60. The maximum atomic E-state index is 12.9. The van der Waals surface area contributed by atoms with Gasteiger partial charge in [-0.2, -0.15) is 5.26 Å². The zero-order valence-corrected chi connectivity index (χ0v) is 21.0. The number of aryl methyl sites for hydroxylation is 1. The molecule has 2 atom stereocenters. The van der Waals surface area contributed by atoms with Crippen LogP contribution in [0.3, 0.4) is 0 Å². The molecule has 1 aliphatic rings. The van der Waals surface area contributed by atoms with Gasteiger partial charge in [0.15, 0.2) is 11.7 Å². The number of fused-ring (bicyclic) bond motifs is 1. The molecule has 0 saturated carbocycles. The minimum atomic E-state index is -1.12. The molecule has 0 unspecified atom stereocenters. The third kappa shape index (κ3) is 5.22. The van der Waals surface area contributed by atoms with Crippen LogP contribution in [0.1, 0.15) is 43.0 Å². The average molecular weight is 472 g/mol. The fourth-order valence-corrected chi connectivity index (χ4v) is 4.32. The maximum Gasteiger partial charge on any atom is 0.329 e. The number of carbonyl (C=O) groups is 1. The molecule has 35 heavy (non-hydrogen) atoms. The number of esters is 1. The molecule has 0 radical (unpaired) electrons. The van der Waals surface area contributed by atoms with Crippen LogP contribution < -0.4 is 9.80 Å². The van der Waals surface area contributed by atoms with Crippen molar-refractivity contribution in [1.82, 2.24) is 9.97 Å². The van der Waals surface area contributed by atoms with Crippen molar-refractivity contribution in [1.29, 1.82) is 5.26 Å². The highest BCUT2D eigenvalue weighted by atomic mass is 16.5. The van der Waals surface area contributed by atoms with E-state index in [0.29, 0.717) is 36.7 Å². The highest BCUT2D eigenvalue weighted by Crippen LogP contribution is 2.30.